The summed E-state index contributed by atoms with van der Waals surface area (Å²) < 4.78 is 5.13. The Labute approximate surface area is 72.2 Å². The normalized spacial score (nSPS) is 11.2. The van der Waals surface area contributed by atoms with E-state index >= 15 is 0 Å². The second-order valence-corrected chi connectivity index (χ2v) is 5.69. The topological polar surface area (TPSA) is 21.6 Å². The quantitative estimate of drug-likeness (QED) is 0.401. The molecule has 0 aliphatic carbocycles. The van der Waals surface area contributed by atoms with Crippen molar-refractivity contribution in [3.05, 3.63) is 22.4 Å². The van der Waals surface area contributed by atoms with Crippen molar-refractivity contribution in [2.24, 2.45) is 5.16 Å². The summed E-state index contributed by atoms with van der Waals surface area (Å²) in [5.41, 5.74) is 0. The molecule has 11 heavy (non-hydrogen) atoms. The van der Waals surface area contributed by atoms with Crippen LogP contribution in [-0.4, -0.2) is 15.3 Å². The van der Waals surface area contributed by atoms with E-state index in [9.17, 15) is 0 Å². The third-order valence-corrected chi connectivity index (χ3v) is 2.35. The van der Waals surface area contributed by atoms with E-state index in [1.807, 2.05) is 17.5 Å². The van der Waals surface area contributed by atoms with E-state index in [4.69, 9.17) is 4.53 Å². The predicted molar refractivity (Wildman–Crippen MR) is 51.9 cm³/mol. The monoisotopic (exact) mass is 185 g/mol. The summed E-state index contributed by atoms with van der Waals surface area (Å²) in [4.78, 5) is 1.14. The molecule has 1 aromatic heterocycles. The molecule has 0 unspecified atom stereocenters. The summed E-state index contributed by atoms with van der Waals surface area (Å²) in [6, 6.07) is 4.01. The van der Waals surface area contributed by atoms with Crippen LogP contribution in [0.3, 0.4) is 0 Å². The van der Waals surface area contributed by atoms with E-state index in [2.05, 4.69) is 18.2 Å². The van der Waals surface area contributed by atoms with Gasteiger partial charge < -0.3 is 4.53 Å². The third-order valence-electron chi connectivity index (χ3n) is 0.995. The predicted octanol–water partition coefficient (Wildman–Crippen LogP) is 2.08. The smallest absolute Gasteiger partial charge is 0.266 e. The first kappa shape index (κ1) is 8.48. The summed E-state index contributed by atoms with van der Waals surface area (Å²) in [7, 11) is -0.986. The van der Waals surface area contributed by atoms with Crippen LogP contribution in [0.5, 0.6) is 0 Å². The molecule has 0 amide bonds. The zero-order chi connectivity index (χ0) is 8.10. The Morgan fingerprint density at radius 2 is 2.45 bits per heavy atom. The minimum Gasteiger partial charge on any atom is -0.459 e. The van der Waals surface area contributed by atoms with Gasteiger partial charge in [0.05, 0.1) is 6.21 Å². The molecule has 0 fully saturated rings. The summed E-state index contributed by atoms with van der Waals surface area (Å²) >= 11 is 1.66. The van der Waals surface area contributed by atoms with Gasteiger partial charge in [-0.15, -0.1) is 16.5 Å². The Bertz CT molecular complexity index is 220. The lowest BCUT2D eigenvalue weighted by atomic mass is 10.5. The Balaban J connectivity index is 2.37. The first-order chi connectivity index (χ1) is 5.29. The second kappa shape index (κ2) is 4.30. The molecule has 0 saturated heterocycles. The van der Waals surface area contributed by atoms with Gasteiger partial charge in [0, 0.05) is 4.88 Å². The Hall–Kier alpha value is -0.613. The Morgan fingerprint density at radius 3 is 3.00 bits per heavy atom. The fourth-order valence-corrected chi connectivity index (χ4v) is 1.45. The standard InChI is InChI=1S/C7H11NOSSi/c1-11(2)9-8-6-7-4-3-5-10-7/h3-6,11H,1-2H3. The van der Waals surface area contributed by atoms with E-state index in [0.717, 1.165) is 4.88 Å². The molecule has 0 spiro atoms. The highest BCUT2D eigenvalue weighted by Crippen LogP contribution is 2.04. The molecule has 0 atom stereocenters. The van der Waals surface area contributed by atoms with Crippen LogP contribution < -0.4 is 0 Å². The molecule has 4 heteroatoms. The van der Waals surface area contributed by atoms with Gasteiger partial charge in [-0.1, -0.05) is 6.07 Å². The molecule has 0 N–H and O–H groups in total. The average molecular weight is 185 g/mol. The fourth-order valence-electron chi connectivity index (χ4n) is 0.569. The number of hydrogen-bond donors (Lipinski definition) is 0. The van der Waals surface area contributed by atoms with Crippen LogP contribution in [-0.2, 0) is 4.53 Å². The minimum absolute atomic E-state index is 0.986. The van der Waals surface area contributed by atoms with Crippen LogP contribution in [0, 0.1) is 0 Å². The first-order valence-corrected chi connectivity index (χ1v) is 7.18. The molecule has 0 saturated carbocycles. The molecule has 1 heterocycles. The summed E-state index contributed by atoms with van der Waals surface area (Å²) in [6.45, 7) is 4.18. The van der Waals surface area contributed by atoms with E-state index in [1.54, 1.807) is 17.6 Å². The zero-order valence-corrected chi connectivity index (χ0v) is 8.62. The van der Waals surface area contributed by atoms with Crippen LogP contribution in [0.2, 0.25) is 13.1 Å². The van der Waals surface area contributed by atoms with Crippen molar-refractivity contribution in [2.45, 2.75) is 13.1 Å². The summed E-state index contributed by atoms with van der Waals surface area (Å²) in [5, 5.41) is 5.88. The van der Waals surface area contributed by atoms with Crippen molar-refractivity contribution in [2.75, 3.05) is 0 Å². The number of rotatable bonds is 3. The third kappa shape index (κ3) is 3.34. The number of hydrogen-bond acceptors (Lipinski definition) is 3. The molecule has 0 aliphatic heterocycles. The average Bonchev–Trinajstić information content (AvgIpc) is 2.39. The lowest BCUT2D eigenvalue weighted by Gasteiger charge is -1.97. The molecule has 1 rings (SSSR count). The van der Waals surface area contributed by atoms with Crippen molar-refractivity contribution in [1.29, 1.82) is 0 Å². The molecule has 0 aliphatic rings. The Morgan fingerprint density at radius 1 is 1.64 bits per heavy atom. The van der Waals surface area contributed by atoms with Gasteiger partial charge in [0.25, 0.3) is 9.04 Å². The number of oxime groups is 1. The van der Waals surface area contributed by atoms with E-state index < -0.39 is 9.04 Å². The number of thiophene rings is 1. The van der Waals surface area contributed by atoms with Gasteiger partial charge in [-0.3, -0.25) is 0 Å². The molecular weight excluding hydrogens is 174 g/mol. The van der Waals surface area contributed by atoms with E-state index in [0.29, 0.717) is 0 Å². The van der Waals surface area contributed by atoms with Gasteiger partial charge in [-0.05, 0) is 24.5 Å². The van der Waals surface area contributed by atoms with Crippen LogP contribution in [0.25, 0.3) is 0 Å². The molecule has 0 radical (unpaired) electrons. The molecule has 2 nitrogen and oxygen atoms in total. The van der Waals surface area contributed by atoms with Gasteiger partial charge in [-0.2, -0.15) is 0 Å². The maximum Gasteiger partial charge on any atom is 0.266 e. The first-order valence-electron chi connectivity index (χ1n) is 3.52. The highest BCUT2D eigenvalue weighted by Gasteiger charge is 1.92. The number of nitrogens with zero attached hydrogens (tertiary/aromatic N) is 1. The van der Waals surface area contributed by atoms with Crippen LogP contribution in [0.4, 0.5) is 0 Å². The van der Waals surface area contributed by atoms with Crippen LogP contribution in [0.15, 0.2) is 22.7 Å². The van der Waals surface area contributed by atoms with Crippen molar-refractivity contribution in [3.63, 3.8) is 0 Å². The molecule has 60 valence electrons. The lowest BCUT2D eigenvalue weighted by Crippen LogP contribution is -2.01. The Kier molecular flexibility index (Phi) is 3.32. The van der Waals surface area contributed by atoms with Gasteiger partial charge in [0.15, 0.2) is 0 Å². The van der Waals surface area contributed by atoms with Crippen LogP contribution >= 0.6 is 11.3 Å². The summed E-state index contributed by atoms with van der Waals surface area (Å²) in [5.74, 6) is 0. The van der Waals surface area contributed by atoms with Crippen molar-refractivity contribution in [3.8, 4) is 0 Å². The maximum absolute atomic E-state index is 5.13. The zero-order valence-electron chi connectivity index (χ0n) is 6.65. The highest BCUT2D eigenvalue weighted by molar-refractivity contribution is 7.11. The summed E-state index contributed by atoms with van der Waals surface area (Å²) in [6.07, 6.45) is 1.76. The second-order valence-electron chi connectivity index (χ2n) is 2.40. The van der Waals surface area contributed by atoms with Crippen molar-refractivity contribution < 1.29 is 4.53 Å². The van der Waals surface area contributed by atoms with Crippen molar-refractivity contribution in [1.82, 2.24) is 0 Å². The van der Waals surface area contributed by atoms with E-state index in [1.165, 1.54) is 0 Å². The van der Waals surface area contributed by atoms with Gasteiger partial charge >= 0.3 is 0 Å². The van der Waals surface area contributed by atoms with Gasteiger partial charge in [0.1, 0.15) is 0 Å². The molecule has 1 aromatic rings. The molecule has 0 aromatic carbocycles. The van der Waals surface area contributed by atoms with Gasteiger partial charge in [-0.25, -0.2) is 0 Å². The highest BCUT2D eigenvalue weighted by atomic mass is 32.1. The molecular formula is C7H11NOSSi. The maximum atomic E-state index is 5.13. The SMILES string of the molecule is C[SiH](C)ON=Cc1cccs1. The largest absolute Gasteiger partial charge is 0.459 e. The van der Waals surface area contributed by atoms with Crippen molar-refractivity contribution >= 4 is 26.6 Å². The lowest BCUT2D eigenvalue weighted by molar-refractivity contribution is 0.355. The fraction of sp³-hybridized carbons (Fsp3) is 0.286. The van der Waals surface area contributed by atoms with Gasteiger partial charge in [0.2, 0.25) is 0 Å². The minimum atomic E-state index is -0.986. The van der Waals surface area contributed by atoms with E-state index in [-0.39, 0.29) is 0 Å². The van der Waals surface area contributed by atoms with Crippen LogP contribution in [0.1, 0.15) is 4.88 Å². The molecule has 0 bridgehead atoms.